The SMILES string of the molecule is CCC(=O)OCCCC(C)=O. The van der Waals surface area contributed by atoms with Crippen LogP contribution in [0, 0.1) is 0 Å². The molecule has 0 aromatic carbocycles. The van der Waals surface area contributed by atoms with Crippen LogP contribution in [0.15, 0.2) is 0 Å². The van der Waals surface area contributed by atoms with Gasteiger partial charge in [-0.2, -0.15) is 0 Å². The number of carbonyl (C=O) groups is 2. The van der Waals surface area contributed by atoms with Crippen molar-refractivity contribution in [3.8, 4) is 0 Å². The van der Waals surface area contributed by atoms with Crippen molar-refractivity contribution in [1.82, 2.24) is 0 Å². The lowest BCUT2D eigenvalue weighted by molar-refractivity contribution is -0.143. The molecule has 0 aromatic rings. The summed E-state index contributed by atoms with van der Waals surface area (Å²) in [5, 5.41) is 0. The molecule has 0 aliphatic rings. The molecular formula is C8H14O3. The minimum atomic E-state index is -0.200. The van der Waals surface area contributed by atoms with Gasteiger partial charge in [-0.05, 0) is 13.3 Å². The lowest BCUT2D eigenvalue weighted by atomic mass is 10.2. The summed E-state index contributed by atoms with van der Waals surface area (Å²) in [7, 11) is 0. The Kier molecular flexibility index (Phi) is 5.43. The first-order valence-corrected chi connectivity index (χ1v) is 3.82. The minimum Gasteiger partial charge on any atom is -0.466 e. The van der Waals surface area contributed by atoms with Gasteiger partial charge in [0.15, 0.2) is 0 Å². The zero-order valence-corrected chi connectivity index (χ0v) is 7.05. The molecular weight excluding hydrogens is 144 g/mol. The van der Waals surface area contributed by atoms with E-state index in [0.717, 1.165) is 0 Å². The van der Waals surface area contributed by atoms with Gasteiger partial charge in [0.05, 0.1) is 6.61 Å². The number of hydrogen-bond acceptors (Lipinski definition) is 3. The van der Waals surface area contributed by atoms with Crippen LogP contribution < -0.4 is 0 Å². The molecule has 64 valence electrons. The molecule has 0 aliphatic carbocycles. The number of Topliss-reactive ketones (excluding diaryl/α,β-unsaturated/α-hetero) is 1. The summed E-state index contributed by atoms with van der Waals surface area (Å²) in [5.74, 6) is -0.0638. The second kappa shape index (κ2) is 5.89. The van der Waals surface area contributed by atoms with E-state index in [0.29, 0.717) is 25.9 Å². The van der Waals surface area contributed by atoms with Crippen LogP contribution in [0.3, 0.4) is 0 Å². The Labute approximate surface area is 66.7 Å². The first-order valence-electron chi connectivity index (χ1n) is 3.82. The average Bonchev–Trinajstić information content (AvgIpc) is 1.97. The number of esters is 1. The van der Waals surface area contributed by atoms with E-state index in [1.54, 1.807) is 6.92 Å². The molecule has 11 heavy (non-hydrogen) atoms. The molecule has 0 saturated carbocycles. The van der Waals surface area contributed by atoms with E-state index >= 15 is 0 Å². The smallest absolute Gasteiger partial charge is 0.305 e. The second-order valence-electron chi connectivity index (χ2n) is 2.38. The van der Waals surface area contributed by atoms with Gasteiger partial charge in [-0.15, -0.1) is 0 Å². The molecule has 0 bridgehead atoms. The molecule has 3 heteroatoms. The fourth-order valence-electron chi connectivity index (χ4n) is 0.609. The molecule has 0 fully saturated rings. The maximum Gasteiger partial charge on any atom is 0.305 e. The lowest BCUT2D eigenvalue weighted by Crippen LogP contribution is -2.04. The third-order valence-electron chi connectivity index (χ3n) is 1.22. The predicted octanol–water partition coefficient (Wildman–Crippen LogP) is 1.31. The summed E-state index contributed by atoms with van der Waals surface area (Å²) in [6.07, 6.45) is 1.54. The van der Waals surface area contributed by atoms with Crippen molar-refractivity contribution in [3.05, 3.63) is 0 Å². The van der Waals surface area contributed by atoms with Crippen LogP contribution in [0.5, 0.6) is 0 Å². The molecule has 0 rings (SSSR count). The van der Waals surface area contributed by atoms with Gasteiger partial charge in [-0.25, -0.2) is 0 Å². The van der Waals surface area contributed by atoms with Crippen LogP contribution >= 0.6 is 0 Å². The van der Waals surface area contributed by atoms with Crippen LogP contribution in [-0.4, -0.2) is 18.4 Å². The van der Waals surface area contributed by atoms with Gasteiger partial charge in [-0.3, -0.25) is 4.79 Å². The van der Waals surface area contributed by atoms with E-state index < -0.39 is 0 Å². The third-order valence-corrected chi connectivity index (χ3v) is 1.22. The van der Waals surface area contributed by atoms with Gasteiger partial charge in [0.1, 0.15) is 5.78 Å². The highest BCUT2D eigenvalue weighted by Crippen LogP contribution is 1.92. The summed E-state index contributed by atoms with van der Waals surface area (Å²) >= 11 is 0. The molecule has 0 N–H and O–H groups in total. The van der Waals surface area contributed by atoms with Gasteiger partial charge >= 0.3 is 5.97 Å². The van der Waals surface area contributed by atoms with Crippen LogP contribution in [0.25, 0.3) is 0 Å². The summed E-state index contributed by atoms with van der Waals surface area (Å²) in [6, 6.07) is 0. The minimum absolute atomic E-state index is 0.137. The maximum atomic E-state index is 10.5. The van der Waals surface area contributed by atoms with E-state index in [9.17, 15) is 9.59 Å². The first kappa shape index (κ1) is 10.1. The Morgan fingerprint density at radius 1 is 1.36 bits per heavy atom. The number of hydrogen-bond donors (Lipinski definition) is 0. The average molecular weight is 158 g/mol. The Morgan fingerprint density at radius 2 is 2.00 bits per heavy atom. The molecule has 0 heterocycles. The van der Waals surface area contributed by atoms with Crippen molar-refractivity contribution < 1.29 is 14.3 Å². The molecule has 0 radical (unpaired) electrons. The molecule has 3 nitrogen and oxygen atoms in total. The highest BCUT2D eigenvalue weighted by Gasteiger charge is 1.98. The predicted molar refractivity (Wildman–Crippen MR) is 41.2 cm³/mol. The summed E-state index contributed by atoms with van der Waals surface area (Å²) in [6.45, 7) is 3.64. The summed E-state index contributed by atoms with van der Waals surface area (Å²) < 4.78 is 4.75. The quantitative estimate of drug-likeness (QED) is 0.447. The van der Waals surface area contributed by atoms with Crippen molar-refractivity contribution in [2.45, 2.75) is 33.1 Å². The Balaban J connectivity index is 3.14. The van der Waals surface area contributed by atoms with Crippen molar-refractivity contribution in [3.63, 3.8) is 0 Å². The molecule has 0 spiro atoms. The largest absolute Gasteiger partial charge is 0.466 e. The molecule has 0 aromatic heterocycles. The van der Waals surface area contributed by atoms with Crippen LogP contribution in [0.4, 0.5) is 0 Å². The van der Waals surface area contributed by atoms with Crippen molar-refractivity contribution in [2.24, 2.45) is 0 Å². The normalized spacial score (nSPS) is 9.27. The molecule has 0 amide bonds. The summed E-state index contributed by atoms with van der Waals surface area (Å²) in [4.78, 5) is 21.0. The van der Waals surface area contributed by atoms with Gasteiger partial charge < -0.3 is 9.53 Å². The number of ether oxygens (including phenoxy) is 1. The Hall–Kier alpha value is -0.860. The summed E-state index contributed by atoms with van der Waals surface area (Å²) in [5.41, 5.74) is 0. The zero-order chi connectivity index (χ0) is 8.69. The lowest BCUT2D eigenvalue weighted by Gasteiger charge is -2.00. The van der Waals surface area contributed by atoms with E-state index in [1.165, 1.54) is 6.92 Å². The van der Waals surface area contributed by atoms with E-state index in [4.69, 9.17) is 4.74 Å². The van der Waals surface area contributed by atoms with Gasteiger partial charge in [0, 0.05) is 12.8 Å². The highest BCUT2D eigenvalue weighted by atomic mass is 16.5. The Morgan fingerprint density at radius 3 is 2.45 bits per heavy atom. The van der Waals surface area contributed by atoms with E-state index in [-0.39, 0.29) is 11.8 Å². The topological polar surface area (TPSA) is 43.4 Å². The number of carbonyl (C=O) groups excluding carboxylic acids is 2. The number of rotatable bonds is 5. The van der Waals surface area contributed by atoms with Crippen molar-refractivity contribution in [2.75, 3.05) is 6.61 Å². The zero-order valence-electron chi connectivity index (χ0n) is 7.05. The fourth-order valence-corrected chi connectivity index (χ4v) is 0.609. The Bertz CT molecular complexity index is 140. The fraction of sp³-hybridized carbons (Fsp3) is 0.750. The maximum absolute atomic E-state index is 10.5. The van der Waals surface area contributed by atoms with Crippen molar-refractivity contribution in [1.29, 1.82) is 0 Å². The van der Waals surface area contributed by atoms with E-state index in [1.807, 2.05) is 0 Å². The van der Waals surface area contributed by atoms with Gasteiger partial charge in [0.2, 0.25) is 0 Å². The standard InChI is InChI=1S/C8H14O3/c1-3-8(10)11-6-4-5-7(2)9/h3-6H2,1-2H3. The second-order valence-corrected chi connectivity index (χ2v) is 2.38. The third kappa shape index (κ3) is 7.03. The van der Waals surface area contributed by atoms with Gasteiger partial charge in [-0.1, -0.05) is 6.92 Å². The molecule has 0 saturated heterocycles. The van der Waals surface area contributed by atoms with Crippen LogP contribution in [-0.2, 0) is 14.3 Å². The highest BCUT2D eigenvalue weighted by molar-refractivity contribution is 5.75. The monoisotopic (exact) mass is 158 g/mol. The number of ketones is 1. The van der Waals surface area contributed by atoms with Crippen LogP contribution in [0.1, 0.15) is 33.1 Å². The molecule has 0 aliphatic heterocycles. The van der Waals surface area contributed by atoms with Gasteiger partial charge in [0.25, 0.3) is 0 Å². The van der Waals surface area contributed by atoms with E-state index in [2.05, 4.69) is 0 Å². The molecule has 0 unspecified atom stereocenters. The first-order chi connectivity index (χ1) is 5.16. The van der Waals surface area contributed by atoms with Crippen LogP contribution in [0.2, 0.25) is 0 Å². The molecule has 0 atom stereocenters. The van der Waals surface area contributed by atoms with Crippen molar-refractivity contribution >= 4 is 11.8 Å².